The molecule has 1 aliphatic carbocycles. The van der Waals surface area contributed by atoms with Crippen molar-refractivity contribution in [3.05, 3.63) is 102 Å². The molecule has 2 aromatic heterocycles. The van der Waals surface area contributed by atoms with Crippen molar-refractivity contribution in [1.29, 1.82) is 0 Å². The Hall–Kier alpha value is -3.02. The fourth-order valence-electron chi connectivity index (χ4n) is 3.56. The Bertz CT molecular complexity index is 1150. The summed E-state index contributed by atoms with van der Waals surface area (Å²) in [6.45, 7) is 0. The van der Waals surface area contributed by atoms with Gasteiger partial charge in [-0.05, 0) is 54.3 Å². The van der Waals surface area contributed by atoms with Crippen LogP contribution < -0.4 is 4.99 Å². The fourth-order valence-corrected chi connectivity index (χ4v) is 4.00. The van der Waals surface area contributed by atoms with Gasteiger partial charge in [-0.1, -0.05) is 52.9 Å². The summed E-state index contributed by atoms with van der Waals surface area (Å²) in [7, 11) is 0. The van der Waals surface area contributed by atoms with Gasteiger partial charge in [-0.25, -0.2) is 9.97 Å². The zero-order chi connectivity index (χ0) is 18.8. The summed E-state index contributed by atoms with van der Waals surface area (Å²) in [5.74, 6) is 0. The lowest BCUT2D eigenvalue weighted by atomic mass is 9.89. The largest absolute Gasteiger partial charge is 0.235 e. The van der Waals surface area contributed by atoms with E-state index in [0.29, 0.717) is 0 Å². The van der Waals surface area contributed by atoms with Gasteiger partial charge < -0.3 is 0 Å². The van der Waals surface area contributed by atoms with Crippen molar-refractivity contribution in [1.82, 2.24) is 9.71 Å². The molecule has 0 aliphatic heterocycles. The summed E-state index contributed by atoms with van der Waals surface area (Å²) in [5, 5.41) is 1.01. The molecule has 4 nitrogen and oxygen atoms in total. The first-order valence-electron chi connectivity index (χ1n) is 9.22. The minimum absolute atomic E-state index is 0.732. The number of allylic oxidation sites excluding steroid dienone is 1. The highest BCUT2D eigenvalue weighted by molar-refractivity contribution is 7.94. The molecule has 0 fully saturated rings. The number of nitrogens with zero attached hydrogens (tertiary/aromatic N) is 2. The van der Waals surface area contributed by atoms with Crippen LogP contribution in [0.2, 0.25) is 0 Å². The summed E-state index contributed by atoms with van der Waals surface area (Å²) >= 11 is 1.18. The second kappa shape index (κ2) is 7.54. The van der Waals surface area contributed by atoms with Crippen molar-refractivity contribution in [3.63, 3.8) is 0 Å². The number of fused-ring (bicyclic) bond motifs is 2. The molecular formula is C23H18N2O2S. The molecular weight excluding hydrogens is 368 g/mol. The Morgan fingerprint density at radius 1 is 0.929 bits per heavy atom. The van der Waals surface area contributed by atoms with Crippen molar-refractivity contribution in [2.75, 3.05) is 0 Å². The van der Waals surface area contributed by atoms with Gasteiger partial charge in [0.15, 0.2) is 5.65 Å². The van der Waals surface area contributed by atoms with Crippen LogP contribution in [0.5, 0.6) is 0 Å². The minimum atomic E-state index is 0.732. The Morgan fingerprint density at radius 3 is 2.71 bits per heavy atom. The number of hydrogen-bond donors (Lipinski definition) is 0. The Kier molecular flexibility index (Phi) is 4.61. The Labute approximate surface area is 167 Å². The van der Waals surface area contributed by atoms with Crippen LogP contribution in [0.25, 0.3) is 16.6 Å². The van der Waals surface area contributed by atoms with Crippen LogP contribution in [0, 0.1) is 0 Å². The molecule has 4 aromatic rings. The lowest BCUT2D eigenvalue weighted by Crippen LogP contribution is -2.14. The molecule has 0 unspecified atom stereocenters. The van der Waals surface area contributed by atoms with Crippen LogP contribution in [-0.4, -0.2) is 9.71 Å². The van der Waals surface area contributed by atoms with E-state index in [1.54, 1.807) is 10.9 Å². The van der Waals surface area contributed by atoms with Crippen molar-refractivity contribution < 1.29 is 9.32 Å². The van der Waals surface area contributed by atoms with Crippen LogP contribution in [0.4, 0.5) is 0 Å². The average Bonchev–Trinajstić information content (AvgIpc) is 3.13. The maximum Gasteiger partial charge on any atom is 0.179 e. The maximum atomic E-state index is 5.74. The number of pyridine rings is 1. The highest BCUT2D eigenvalue weighted by atomic mass is 32.2. The molecule has 0 N–H and O–H groups in total. The Balaban J connectivity index is 1.52. The SMILES string of the molecule is C1=C(c2cc3cccnc3n2OOSc2ccccc2)c2ccccc2CC1. The monoisotopic (exact) mass is 386 g/mol. The van der Waals surface area contributed by atoms with Gasteiger partial charge in [-0.15, -0.1) is 4.73 Å². The van der Waals surface area contributed by atoms with E-state index in [1.165, 1.54) is 23.2 Å². The highest BCUT2D eigenvalue weighted by Gasteiger charge is 2.21. The van der Waals surface area contributed by atoms with Crippen LogP contribution in [0.15, 0.2) is 90.0 Å². The van der Waals surface area contributed by atoms with Gasteiger partial charge in [0.1, 0.15) is 0 Å². The standard InChI is InChI=1S/C23H18N2O2S/c1-2-11-19(12-3-1)28-27-26-25-22(16-18-10-7-15-24-23(18)25)21-14-6-9-17-8-4-5-13-20(17)21/h1-5,7-8,10-16H,6,9H2. The average molecular weight is 386 g/mol. The quantitative estimate of drug-likeness (QED) is 0.258. The third-order valence-electron chi connectivity index (χ3n) is 4.84. The lowest BCUT2D eigenvalue weighted by molar-refractivity contribution is -0.189. The maximum absolute atomic E-state index is 5.74. The molecule has 0 bridgehead atoms. The first-order chi connectivity index (χ1) is 13.9. The summed E-state index contributed by atoms with van der Waals surface area (Å²) in [6, 6.07) is 24.4. The predicted octanol–water partition coefficient (Wildman–Crippen LogP) is 5.48. The van der Waals surface area contributed by atoms with E-state index in [1.807, 2.05) is 42.5 Å². The predicted molar refractivity (Wildman–Crippen MR) is 112 cm³/mol. The van der Waals surface area contributed by atoms with Crippen LogP contribution in [0.1, 0.15) is 23.2 Å². The third kappa shape index (κ3) is 3.19. The Morgan fingerprint density at radius 2 is 1.79 bits per heavy atom. The van der Waals surface area contributed by atoms with Crippen molar-refractivity contribution in [2.24, 2.45) is 0 Å². The van der Waals surface area contributed by atoms with Crippen molar-refractivity contribution >= 4 is 28.6 Å². The topological polar surface area (TPSA) is 36.3 Å². The molecule has 28 heavy (non-hydrogen) atoms. The van der Waals surface area contributed by atoms with Gasteiger partial charge in [0, 0.05) is 22.1 Å². The van der Waals surface area contributed by atoms with Gasteiger partial charge in [-0.2, -0.15) is 0 Å². The van der Waals surface area contributed by atoms with E-state index in [-0.39, 0.29) is 0 Å². The van der Waals surface area contributed by atoms with Crippen molar-refractivity contribution in [2.45, 2.75) is 17.7 Å². The zero-order valence-corrected chi connectivity index (χ0v) is 15.9. The smallest absolute Gasteiger partial charge is 0.179 e. The molecule has 0 saturated carbocycles. The molecule has 0 saturated heterocycles. The number of rotatable bonds is 5. The van der Waals surface area contributed by atoms with E-state index in [4.69, 9.17) is 9.32 Å². The number of aromatic nitrogens is 2. The summed E-state index contributed by atoms with van der Waals surface area (Å²) < 4.78 is 7.18. The molecule has 5 heteroatoms. The lowest BCUT2D eigenvalue weighted by Gasteiger charge is -2.18. The van der Waals surface area contributed by atoms with E-state index in [0.717, 1.165) is 40.0 Å². The summed E-state index contributed by atoms with van der Waals surface area (Å²) in [5.41, 5.74) is 5.40. The molecule has 0 spiro atoms. The van der Waals surface area contributed by atoms with Gasteiger partial charge in [0.25, 0.3) is 0 Å². The van der Waals surface area contributed by atoms with E-state index in [2.05, 4.69) is 41.4 Å². The van der Waals surface area contributed by atoms with E-state index < -0.39 is 0 Å². The van der Waals surface area contributed by atoms with Gasteiger partial charge in [0.2, 0.25) is 0 Å². The molecule has 0 amide bonds. The molecule has 1 aliphatic rings. The van der Waals surface area contributed by atoms with Gasteiger partial charge in [0.05, 0.1) is 17.7 Å². The minimum Gasteiger partial charge on any atom is -0.235 e. The zero-order valence-electron chi connectivity index (χ0n) is 15.1. The number of hydrogen-bond acceptors (Lipinski definition) is 4. The van der Waals surface area contributed by atoms with Gasteiger partial charge in [-0.3, -0.25) is 0 Å². The first kappa shape index (κ1) is 17.1. The summed E-state index contributed by atoms with van der Waals surface area (Å²) in [4.78, 5) is 11.2. The van der Waals surface area contributed by atoms with Crippen LogP contribution in [0.3, 0.4) is 0 Å². The molecule has 138 valence electrons. The molecule has 2 aromatic carbocycles. The number of benzene rings is 2. The van der Waals surface area contributed by atoms with E-state index >= 15 is 0 Å². The third-order valence-corrected chi connectivity index (χ3v) is 5.44. The second-order valence-electron chi connectivity index (χ2n) is 6.59. The molecule has 2 heterocycles. The normalized spacial score (nSPS) is 13.2. The van der Waals surface area contributed by atoms with Crippen LogP contribution in [-0.2, 0) is 10.8 Å². The van der Waals surface area contributed by atoms with E-state index in [9.17, 15) is 0 Å². The molecule has 5 rings (SSSR count). The molecule has 0 atom stereocenters. The number of aryl methyl sites for hydroxylation is 1. The van der Waals surface area contributed by atoms with Crippen molar-refractivity contribution in [3.8, 4) is 0 Å². The second-order valence-corrected chi connectivity index (χ2v) is 7.37. The van der Waals surface area contributed by atoms with Gasteiger partial charge >= 0.3 is 0 Å². The molecule has 0 radical (unpaired) electrons. The van der Waals surface area contributed by atoms with Crippen LogP contribution >= 0.6 is 12.0 Å². The highest BCUT2D eigenvalue weighted by Crippen LogP contribution is 2.34. The summed E-state index contributed by atoms with van der Waals surface area (Å²) in [6.07, 6.45) is 6.08. The fraction of sp³-hybridized carbons (Fsp3) is 0.0870. The first-order valence-corrected chi connectivity index (χ1v) is 9.96.